The lowest BCUT2D eigenvalue weighted by molar-refractivity contribution is -0.149. The fourth-order valence-electron chi connectivity index (χ4n) is 3.42. The van der Waals surface area contributed by atoms with Gasteiger partial charge >= 0.3 is 0 Å². The van der Waals surface area contributed by atoms with E-state index < -0.39 is 0 Å². The van der Waals surface area contributed by atoms with Crippen molar-refractivity contribution >= 4 is 5.91 Å². The third-order valence-corrected chi connectivity index (χ3v) is 4.85. The zero-order chi connectivity index (χ0) is 13.1. The molecule has 3 aliphatic rings. The van der Waals surface area contributed by atoms with Crippen LogP contribution in [0, 0.1) is 11.8 Å². The predicted octanol–water partition coefficient (Wildman–Crippen LogP) is 1.83. The lowest BCUT2D eigenvalue weighted by Crippen LogP contribution is -2.52. The third-order valence-electron chi connectivity index (χ3n) is 4.85. The van der Waals surface area contributed by atoms with Crippen molar-refractivity contribution in [2.24, 2.45) is 11.8 Å². The Morgan fingerprint density at radius 1 is 1.05 bits per heavy atom. The number of morpholine rings is 1. The number of carbonyl (C=O) groups excluding carboxylic acids is 1. The molecular formula is C15H25NO3. The summed E-state index contributed by atoms with van der Waals surface area (Å²) in [5, 5.41) is 0. The number of ether oxygens (including phenoxy) is 2. The van der Waals surface area contributed by atoms with Crippen LogP contribution in [0.4, 0.5) is 0 Å². The maximum Gasteiger partial charge on any atom is 0.228 e. The van der Waals surface area contributed by atoms with E-state index in [9.17, 15) is 4.79 Å². The number of amides is 1. The van der Waals surface area contributed by atoms with Crippen molar-refractivity contribution in [3.63, 3.8) is 0 Å². The number of rotatable bonds is 3. The molecule has 2 saturated heterocycles. The van der Waals surface area contributed by atoms with Gasteiger partial charge in [0.1, 0.15) is 0 Å². The third kappa shape index (κ3) is 3.11. The summed E-state index contributed by atoms with van der Waals surface area (Å²) in [6.07, 6.45) is 7.19. The zero-order valence-corrected chi connectivity index (χ0v) is 11.7. The van der Waals surface area contributed by atoms with Gasteiger partial charge in [-0.1, -0.05) is 19.3 Å². The van der Waals surface area contributed by atoms with Gasteiger partial charge in [-0.05, 0) is 25.2 Å². The van der Waals surface area contributed by atoms with Gasteiger partial charge < -0.3 is 14.4 Å². The molecule has 0 aromatic carbocycles. The van der Waals surface area contributed by atoms with Crippen LogP contribution in [-0.4, -0.2) is 49.8 Å². The second-order valence-electron chi connectivity index (χ2n) is 6.21. The standard InChI is InChI=1S/C15H25NO3/c17-15(13-5-2-7-18-10-13)16-6-8-19-11-14(16)9-12-3-1-4-12/h12-14H,1-11H2. The van der Waals surface area contributed by atoms with Gasteiger partial charge in [0.2, 0.25) is 5.91 Å². The molecule has 0 N–H and O–H groups in total. The Morgan fingerprint density at radius 3 is 2.58 bits per heavy atom. The quantitative estimate of drug-likeness (QED) is 0.783. The molecule has 2 atom stereocenters. The second-order valence-corrected chi connectivity index (χ2v) is 6.21. The van der Waals surface area contributed by atoms with E-state index in [1.807, 2.05) is 0 Å². The first-order chi connectivity index (χ1) is 9.34. The molecule has 2 heterocycles. The van der Waals surface area contributed by atoms with Crippen LogP contribution in [0.1, 0.15) is 38.5 Å². The van der Waals surface area contributed by atoms with Crippen LogP contribution < -0.4 is 0 Å². The van der Waals surface area contributed by atoms with Crippen molar-refractivity contribution in [1.82, 2.24) is 4.90 Å². The maximum absolute atomic E-state index is 12.6. The molecule has 0 bridgehead atoms. The van der Waals surface area contributed by atoms with E-state index in [1.165, 1.54) is 19.3 Å². The molecular weight excluding hydrogens is 242 g/mol. The smallest absolute Gasteiger partial charge is 0.228 e. The van der Waals surface area contributed by atoms with Crippen LogP contribution in [0.3, 0.4) is 0 Å². The summed E-state index contributed by atoms with van der Waals surface area (Å²) in [6, 6.07) is 0.313. The summed E-state index contributed by atoms with van der Waals surface area (Å²) < 4.78 is 11.1. The van der Waals surface area contributed by atoms with Gasteiger partial charge in [0.05, 0.1) is 31.8 Å². The largest absolute Gasteiger partial charge is 0.381 e. The summed E-state index contributed by atoms with van der Waals surface area (Å²) >= 11 is 0. The number of nitrogens with zero attached hydrogens (tertiary/aromatic N) is 1. The van der Waals surface area contributed by atoms with Crippen LogP contribution >= 0.6 is 0 Å². The number of carbonyl (C=O) groups is 1. The molecule has 0 radical (unpaired) electrons. The first-order valence-corrected chi connectivity index (χ1v) is 7.80. The minimum atomic E-state index is 0.0933. The van der Waals surface area contributed by atoms with E-state index >= 15 is 0 Å². The van der Waals surface area contributed by atoms with E-state index in [4.69, 9.17) is 9.47 Å². The summed E-state index contributed by atoms with van der Waals surface area (Å²) in [4.78, 5) is 14.7. The number of hydrogen-bond acceptors (Lipinski definition) is 3. The lowest BCUT2D eigenvalue weighted by atomic mass is 9.80. The summed E-state index contributed by atoms with van der Waals surface area (Å²) in [7, 11) is 0. The second kappa shape index (κ2) is 6.23. The molecule has 2 unspecified atom stereocenters. The van der Waals surface area contributed by atoms with Crippen molar-refractivity contribution < 1.29 is 14.3 Å². The van der Waals surface area contributed by atoms with Gasteiger partial charge in [-0.25, -0.2) is 0 Å². The highest BCUT2D eigenvalue weighted by molar-refractivity contribution is 5.79. The minimum absolute atomic E-state index is 0.0933. The van der Waals surface area contributed by atoms with Crippen LogP contribution in [0.15, 0.2) is 0 Å². The Balaban J connectivity index is 1.59. The monoisotopic (exact) mass is 267 g/mol. The highest BCUT2D eigenvalue weighted by Crippen LogP contribution is 2.33. The summed E-state index contributed by atoms with van der Waals surface area (Å²) in [5.74, 6) is 1.23. The topological polar surface area (TPSA) is 38.8 Å². The Bertz CT molecular complexity index is 311. The van der Waals surface area contributed by atoms with Crippen molar-refractivity contribution in [1.29, 1.82) is 0 Å². The van der Waals surface area contributed by atoms with Crippen molar-refractivity contribution in [2.45, 2.75) is 44.6 Å². The van der Waals surface area contributed by atoms with E-state index in [1.54, 1.807) is 0 Å². The molecule has 4 heteroatoms. The van der Waals surface area contributed by atoms with Crippen LogP contribution in [-0.2, 0) is 14.3 Å². The Kier molecular flexibility index (Phi) is 4.38. The van der Waals surface area contributed by atoms with E-state index in [2.05, 4.69) is 4.90 Å². The molecule has 108 valence electrons. The Labute approximate surface area is 115 Å². The van der Waals surface area contributed by atoms with Crippen molar-refractivity contribution in [2.75, 3.05) is 33.0 Å². The molecule has 1 saturated carbocycles. The van der Waals surface area contributed by atoms with Gasteiger partial charge in [0.25, 0.3) is 0 Å². The average Bonchev–Trinajstić information content (AvgIpc) is 2.43. The van der Waals surface area contributed by atoms with E-state index in [0.717, 1.165) is 44.9 Å². The summed E-state index contributed by atoms with van der Waals surface area (Å²) in [6.45, 7) is 3.63. The average molecular weight is 267 g/mol. The number of hydrogen-bond donors (Lipinski definition) is 0. The normalized spacial score (nSPS) is 32.9. The summed E-state index contributed by atoms with van der Waals surface area (Å²) in [5.41, 5.74) is 0. The molecule has 3 rings (SSSR count). The first-order valence-electron chi connectivity index (χ1n) is 7.80. The first kappa shape index (κ1) is 13.4. The molecule has 4 nitrogen and oxygen atoms in total. The molecule has 0 aromatic rings. The van der Waals surface area contributed by atoms with Gasteiger partial charge in [-0.15, -0.1) is 0 Å². The Morgan fingerprint density at radius 2 is 1.89 bits per heavy atom. The van der Waals surface area contributed by atoms with Gasteiger partial charge in [0, 0.05) is 13.2 Å². The van der Waals surface area contributed by atoms with E-state index in [0.29, 0.717) is 25.2 Å². The molecule has 1 amide bonds. The molecule has 3 fully saturated rings. The van der Waals surface area contributed by atoms with E-state index in [-0.39, 0.29) is 5.92 Å². The SMILES string of the molecule is O=C(C1CCCOC1)N1CCOCC1CC1CCC1. The Hall–Kier alpha value is -0.610. The molecule has 0 aromatic heterocycles. The molecule has 1 aliphatic carbocycles. The zero-order valence-electron chi connectivity index (χ0n) is 11.7. The maximum atomic E-state index is 12.6. The van der Waals surface area contributed by atoms with Gasteiger partial charge in [-0.3, -0.25) is 4.79 Å². The molecule has 19 heavy (non-hydrogen) atoms. The van der Waals surface area contributed by atoms with Crippen LogP contribution in [0.5, 0.6) is 0 Å². The van der Waals surface area contributed by atoms with Crippen molar-refractivity contribution in [3.05, 3.63) is 0 Å². The van der Waals surface area contributed by atoms with Crippen molar-refractivity contribution in [3.8, 4) is 0 Å². The highest BCUT2D eigenvalue weighted by atomic mass is 16.5. The lowest BCUT2D eigenvalue weighted by Gasteiger charge is -2.41. The van der Waals surface area contributed by atoms with Crippen LogP contribution in [0.2, 0.25) is 0 Å². The van der Waals surface area contributed by atoms with Gasteiger partial charge in [0.15, 0.2) is 0 Å². The highest BCUT2D eigenvalue weighted by Gasteiger charge is 2.35. The predicted molar refractivity (Wildman–Crippen MR) is 71.8 cm³/mol. The minimum Gasteiger partial charge on any atom is -0.381 e. The van der Waals surface area contributed by atoms with Gasteiger partial charge in [-0.2, -0.15) is 0 Å². The fourth-order valence-corrected chi connectivity index (χ4v) is 3.42. The fraction of sp³-hybridized carbons (Fsp3) is 0.933. The molecule has 2 aliphatic heterocycles. The van der Waals surface area contributed by atoms with Crippen LogP contribution in [0.25, 0.3) is 0 Å². The molecule has 0 spiro atoms.